The number of likely N-dealkylation sites (N-methyl/N-ethyl adjacent to an activating group) is 1. The number of hydrogen-bond acceptors (Lipinski definition) is 10. The molecule has 0 aromatic heterocycles. The molecule has 67 heavy (non-hydrogen) atoms. The zero-order valence-corrected chi connectivity index (χ0v) is 41.7. The molecule has 2 aliphatic heterocycles. The molecule has 2 saturated heterocycles. The maximum atomic E-state index is 14.7. The highest BCUT2D eigenvalue weighted by Gasteiger charge is 2.53. The van der Waals surface area contributed by atoms with Crippen molar-refractivity contribution >= 4 is 35.7 Å². The van der Waals surface area contributed by atoms with Crippen LogP contribution >= 0.6 is 0 Å². The molecular formula is C52H77N5O10. The number of hydrogen-bond donors (Lipinski definition) is 2. The van der Waals surface area contributed by atoms with Crippen LogP contribution in [0.15, 0.2) is 60.7 Å². The second-order valence-corrected chi connectivity index (χ2v) is 20.2. The Morgan fingerprint density at radius 2 is 1.49 bits per heavy atom. The number of amides is 5. The first-order chi connectivity index (χ1) is 31.8. The molecule has 0 spiro atoms. The summed E-state index contributed by atoms with van der Waals surface area (Å²) in [5, 5.41) is 5.99. The number of methoxy groups -OCH3 is 2. The van der Waals surface area contributed by atoms with Gasteiger partial charge in [-0.15, -0.1) is 0 Å². The van der Waals surface area contributed by atoms with E-state index in [1.165, 1.54) is 14.2 Å². The number of nitrogens with zero attached hydrogens (tertiary/aromatic N) is 3. The number of carbonyl (C=O) groups is 6. The molecule has 2 bridgehead atoms. The smallest absolute Gasteiger partial charge is 0.411 e. The van der Waals surface area contributed by atoms with Crippen LogP contribution in [0.3, 0.4) is 0 Å². The van der Waals surface area contributed by atoms with Gasteiger partial charge in [0.25, 0.3) is 0 Å². The van der Waals surface area contributed by atoms with E-state index in [0.29, 0.717) is 32.2 Å². The molecule has 370 valence electrons. The number of ether oxygens (including phenoxy) is 4. The van der Waals surface area contributed by atoms with E-state index in [1.807, 2.05) is 88.4 Å². The van der Waals surface area contributed by atoms with Gasteiger partial charge < -0.3 is 39.4 Å². The van der Waals surface area contributed by atoms with Gasteiger partial charge in [-0.05, 0) is 81.8 Å². The van der Waals surface area contributed by atoms with Gasteiger partial charge >= 0.3 is 12.1 Å². The summed E-state index contributed by atoms with van der Waals surface area (Å²) in [7, 11) is 4.76. The fourth-order valence-electron chi connectivity index (χ4n) is 10.4. The first-order valence-electron chi connectivity index (χ1n) is 24.3. The van der Waals surface area contributed by atoms with Crippen molar-refractivity contribution in [3.05, 3.63) is 71.8 Å². The number of nitrogens with one attached hydrogen (secondary N) is 2. The lowest BCUT2D eigenvalue weighted by molar-refractivity contribution is -0.159. The van der Waals surface area contributed by atoms with E-state index in [9.17, 15) is 28.8 Å². The van der Waals surface area contributed by atoms with E-state index < -0.39 is 71.9 Å². The van der Waals surface area contributed by atoms with E-state index in [0.717, 1.165) is 24.0 Å². The van der Waals surface area contributed by atoms with Crippen LogP contribution in [0.4, 0.5) is 4.79 Å². The van der Waals surface area contributed by atoms with Crippen molar-refractivity contribution < 1.29 is 47.7 Å². The van der Waals surface area contributed by atoms with Crippen molar-refractivity contribution in [1.82, 2.24) is 25.3 Å². The molecule has 3 aliphatic rings. The summed E-state index contributed by atoms with van der Waals surface area (Å²) in [6.45, 7) is 15.4. The average molecular weight is 932 g/mol. The minimum Gasteiger partial charge on any atom is -0.458 e. The van der Waals surface area contributed by atoms with Gasteiger partial charge in [0.1, 0.15) is 30.3 Å². The predicted molar refractivity (Wildman–Crippen MR) is 254 cm³/mol. The second-order valence-electron chi connectivity index (χ2n) is 20.2. The molecule has 2 N–H and O–H groups in total. The zero-order chi connectivity index (χ0) is 49.2. The number of likely N-dealkylation sites (tertiary alicyclic amines) is 2. The fourth-order valence-corrected chi connectivity index (χ4v) is 10.4. The molecule has 15 nitrogen and oxygen atoms in total. The first kappa shape index (κ1) is 52.9. The van der Waals surface area contributed by atoms with Gasteiger partial charge in [0.2, 0.25) is 23.6 Å². The minimum atomic E-state index is -0.944. The number of esters is 1. The zero-order valence-electron chi connectivity index (χ0n) is 41.7. The molecule has 5 rings (SSSR count). The molecule has 1 aliphatic carbocycles. The molecule has 0 unspecified atom stereocenters. The lowest BCUT2D eigenvalue weighted by Gasteiger charge is -2.41. The van der Waals surface area contributed by atoms with Crippen LogP contribution in [0.25, 0.3) is 0 Å². The van der Waals surface area contributed by atoms with Crippen molar-refractivity contribution in [3.8, 4) is 0 Å². The number of benzene rings is 2. The van der Waals surface area contributed by atoms with Gasteiger partial charge in [-0.3, -0.25) is 24.1 Å². The van der Waals surface area contributed by atoms with Crippen LogP contribution in [0, 0.1) is 23.7 Å². The van der Waals surface area contributed by atoms with Gasteiger partial charge in [-0.25, -0.2) is 9.59 Å². The van der Waals surface area contributed by atoms with Crippen molar-refractivity contribution in [1.29, 1.82) is 0 Å². The summed E-state index contributed by atoms with van der Waals surface area (Å²) in [4.78, 5) is 89.3. The maximum absolute atomic E-state index is 14.7. The molecule has 0 radical (unpaired) electrons. The molecule has 2 aromatic rings. The normalized spacial score (nSPS) is 22.3. The molecule has 2 aromatic carbocycles. The molecule has 1 saturated carbocycles. The number of piperidine rings is 1. The van der Waals surface area contributed by atoms with E-state index in [2.05, 4.69) is 10.6 Å². The highest BCUT2D eigenvalue weighted by atomic mass is 16.6. The van der Waals surface area contributed by atoms with Crippen LogP contribution in [0.5, 0.6) is 0 Å². The standard InChI is InChI=1S/C52H77N5O10/c1-12-33(4)44(55(9)49(61)43(32(2)3)54-48(60)45-37-25-26-38(29-37)57(45)51(63)66-31-36-22-17-14-18-23-36)41(64-10)30-42(58)56-27-19-24-40(56)46(65-11)34(5)47(59)53-39(50(62)67-52(6,7)8)28-35-20-15-13-16-21-35/h13-18,20-23,32-34,37-41,43-46H,12,19,24-31H2,1-11H3,(H,53,59)(H,54,60)/t33-,34+,37-,38+,39-,40-,41+,43-,44-,45-,46+/m0/s1. The molecule has 2 heterocycles. The third kappa shape index (κ3) is 13.4. The van der Waals surface area contributed by atoms with Crippen LogP contribution < -0.4 is 10.6 Å². The lowest BCUT2D eigenvalue weighted by Crippen LogP contribution is -2.60. The van der Waals surface area contributed by atoms with Crippen LogP contribution in [0.1, 0.15) is 111 Å². The van der Waals surface area contributed by atoms with E-state index in [4.69, 9.17) is 18.9 Å². The van der Waals surface area contributed by atoms with Gasteiger partial charge in [0.05, 0.1) is 36.6 Å². The highest BCUT2D eigenvalue weighted by molar-refractivity contribution is 5.92. The first-order valence-corrected chi connectivity index (χ1v) is 24.3. The number of carbonyl (C=O) groups excluding carboxylic acids is 6. The monoisotopic (exact) mass is 932 g/mol. The van der Waals surface area contributed by atoms with E-state index in [1.54, 1.807) is 49.4 Å². The Kier molecular flexibility index (Phi) is 18.8. The molecule has 15 heteroatoms. The Hall–Kier alpha value is -5.02. The van der Waals surface area contributed by atoms with Gasteiger partial charge in [0, 0.05) is 40.3 Å². The quantitative estimate of drug-likeness (QED) is 0.135. The van der Waals surface area contributed by atoms with Crippen LogP contribution in [-0.4, -0.2) is 132 Å². The fraction of sp³-hybridized carbons (Fsp3) is 0.654. The van der Waals surface area contributed by atoms with Gasteiger partial charge in [0.15, 0.2) is 0 Å². The molecule has 11 atom stereocenters. The Labute approximate surface area is 398 Å². The minimum absolute atomic E-state index is 0.0371. The molecule has 5 amide bonds. The second kappa shape index (κ2) is 23.8. The summed E-state index contributed by atoms with van der Waals surface area (Å²) in [5.74, 6) is -3.02. The van der Waals surface area contributed by atoms with Crippen molar-refractivity contribution in [3.63, 3.8) is 0 Å². The third-order valence-corrected chi connectivity index (χ3v) is 14.0. The number of fused-ring (bicyclic) bond motifs is 2. The largest absolute Gasteiger partial charge is 0.458 e. The van der Waals surface area contributed by atoms with Crippen LogP contribution in [0.2, 0.25) is 0 Å². The van der Waals surface area contributed by atoms with Crippen molar-refractivity contribution in [2.45, 2.75) is 167 Å². The maximum Gasteiger partial charge on any atom is 0.411 e. The third-order valence-electron chi connectivity index (χ3n) is 14.0. The topological polar surface area (TPSA) is 173 Å². The average Bonchev–Trinajstić information content (AvgIpc) is 4.07. The van der Waals surface area contributed by atoms with Gasteiger partial charge in [-0.1, -0.05) is 102 Å². The van der Waals surface area contributed by atoms with Crippen LogP contribution in [-0.2, 0) is 55.9 Å². The Morgan fingerprint density at radius 3 is 2.07 bits per heavy atom. The summed E-state index contributed by atoms with van der Waals surface area (Å²) in [5.41, 5.74) is 0.952. The van der Waals surface area contributed by atoms with Gasteiger partial charge in [-0.2, -0.15) is 0 Å². The Bertz CT molecular complexity index is 1980. The summed E-state index contributed by atoms with van der Waals surface area (Å²) in [6, 6.07) is 15.1. The van der Waals surface area contributed by atoms with E-state index >= 15 is 0 Å². The van der Waals surface area contributed by atoms with E-state index in [-0.39, 0.29) is 61.0 Å². The summed E-state index contributed by atoms with van der Waals surface area (Å²) < 4.78 is 23.5. The predicted octanol–water partition coefficient (Wildman–Crippen LogP) is 6.31. The number of rotatable bonds is 21. The lowest BCUT2D eigenvalue weighted by atomic mass is 9.89. The van der Waals surface area contributed by atoms with Crippen molar-refractivity contribution in [2.75, 3.05) is 27.8 Å². The summed E-state index contributed by atoms with van der Waals surface area (Å²) >= 11 is 0. The molecule has 3 fully saturated rings. The Balaban J connectivity index is 1.27. The summed E-state index contributed by atoms with van der Waals surface area (Å²) in [6.07, 6.45) is 2.55. The molecular weight excluding hydrogens is 855 g/mol. The highest BCUT2D eigenvalue weighted by Crippen LogP contribution is 2.43. The Morgan fingerprint density at radius 1 is 0.851 bits per heavy atom. The SMILES string of the molecule is CC[C@H](C)[C@@H]([C@@H](CC(=O)N1CCC[C@H]1[C@H](OC)[C@@H](C)C(=O)N[C@@H](Cc1ccccc1)C(=O)OC(C)(C)C)OC)N(C)C(=O)[C@@H](NC(=O)[C@@H]1[C@H]2CC[C@H](C2)N1C(=O)OCc1ccccc1)C(C)C. The van der Waals surface area contributed by atoms with Crippen molar-refractivity contribution in [2.24, 2.45) is 23.7 Å².